The molecule has 33 heavy (non-hydrogen) atoms. The molecule has 0 spiro atoms. The minimum Gasteiger partial charge on any atom is -0.492 e. The number of hydrogen-bond donors (Lipinski definition) is 2. The summed E-state index contributed by atoms with van der Waals surface area (Å²) < 4.78 is 16.0. The van der Waals surface area contributed by atoms with Crippen LogP contribution in [0.25, 0.3) is 11.7 Å². The van der Waals surface area contributed by atoms with Crippen LogP contribution >= 0.6 is 0 Å². The molecule has 9 nitrogen and oxygen atoms in total. The van der Waals surface area contributed by atoms with Crippen LogP contribution in [0.15, 0.2) is 10.9 Å². The predicted molar refractivity (Wildman–Crippen MR) is 121 cm³/mol. The van der Waals surface area contributed by atoms with Crippen molar-refractivity contribution in [2.24, 2.45) is 5.92 Å². The van der Waals surface area contributed by atoms with Gasteiger partial charge in [0, 0.05) is 37.3 Å². The van der Waals surface area contributed by atoms with Crippen LogP contribution in [0.1, 0.15) is 61.1 Å². The van der Waals surface area contributed by atoms with Crippen LogP contribution in [-0.4, -0.2) is 61.3 Å². The van der Waals surface area contributed by atoms with E-state index in [2.05, 4.69) is 10.4 Å². The standard InChI is InChI=1S/C23H30FN5O4/c1-13(2)12-28-21-17(6-7-18(30)27-10-8-15(24)9-11-27)14(3)26-29(21)23(33)19(22(28)32)20(31)25-16-4-5-16/h6-7,13,15-16,33H,4-5,8-12H2,1-3H3,(H,25,31). The van der Waals surface area contributed by atoms with Crippen molar-refractivity contribution < 1.29 is 19.1 Å². The van der Waals surface area contributed by atoms with Crippen molar-refractivity contribution in [2.75, 3.05) is 13.1 Å². The maximum atomic E-state index is 13.4. The number of aromatic nitrogens is 3. The molecule has 0 atom stereocenters. The minimum absolute atomic E-state index is 0.0249. The molecule has 3 heterocycles. The number of piperidine rings is 1. The van der Waals surface area contributed by atoms with Crippen LogP contribution in [0, 0.1) is 12.8 Å². The zero-order valence-electron chi connectivity index (χ0n) is 19.2. The minimum atomic E-state index is -0.875. The average Bonchev–Trinajstić information content (AvgIpc) is 3.50. The topological polar surface area (TPSA) is 109 Å². The molecule has 178 valence electrons. The summed E-state index contributed by atoms with van der Waals surface area (Å²) in [5.74, 6) is -1.31. The average molecular weight is 460 g/mol. The molecule has 2 aromatic rings. The summed E-state index contributed by atoms with van der Waals surface area (Å²) in [5.41, 5.74) is 0.383. The van der Waals surface area contributed by atoms with Crippen LogP contribution in [0.2, 0.25) is 0 Å². The van der Waals surface area contributed by atoms with Gasteiger partial charge in [0.25, 0.3) is 11.5 Å². The number of alkyl halides is 1. The molecule has 0 bridgehead atoms. The lowest BCUT2D eigenvalue weighted by atomic mass is 10.1. The number of carbonyl (C=O) groups excluding carboxylic acids is 2. The van der Waals surface area contributed by atoms with Crippen molar-refractivity contribution in [2.45, 2.75) is 65.2 Å². The summed E-state index contributed by atoms with van der Waals surface area (Å²) in [7, 11) is 0. The van der Waals surface area contributed by atoms with Crippen molar-refractivity contribution in [3.8, 4) is 5.88 Å². The number of amides is 2. The Bertz CT molecular complexity index is 1170. The zero-order valence-corrected chi connectivity index (χ0v) is 19.2. The molecule has 10 heteroatoms. The first-order chi connectivity index (χ1) is 15.7. The molecular formula is C23H30FN5O4. The molecule has 1 saturated heterocycles. The summed E-state index contributed by atoms with van der Waals surface area (Å²) in [4.78, 5) is 40.2. The lowest BCUT2D eigenvalue weighted by molar-refractivity contribution is -0.127. The maximum Gasteiger partial charge on any atom is 0.270 e. The molecule has 1 aliphatic heterocycles. The first-order valence-electron chi connectivity index (χ1n) is 11.4. The molecule has 2 aliphatic rings. The lowest BCUT2D eigenvalue weighted by Crippen LogP contribution is -2.38. The Morgan fingerprint density at radius 2 is 1.91 bits per heavy atom. The number of fused-ring (bicyclic) bond motifs is 1. The van der Waals surface area contributed by atoms with Gasteiger partial charge in [-0.25, -0.2) is 4.39 Å². The number of carbonyl (C=O) groups is 2. The monoisotopic (exact) mass is 459 g/mol. The molecule has 1 aliphatic carbocycles. The maximum absolute atomic E-state index is 13.4. The van der Waals surface area contributed by atoms with Gasteiger partial charge in [-0.1, -0.05) is 13.8 Å². The highest BCUT2D eigenvalue weighted by molar-refractivity contribution is 5.97. The summed E-state index contributed by atoms with van der Waals surface area (Å²) in [5, 5.41) is 17.9. The molecule has 0 radical (unpaired) electrons. The van der Waals surface area contributed by atoms with Crippen molar-refractivity contribution >= 4 is 23.5 Å². The van der Waals surface area contributed by atoms with Gasteiger partial charge in [0.2, 0.25) is 11.8 Å². The Hall–Kier alpha value is -3.17. The predicted octanol–water partition coefficient (Wildman–Crippen LogP) is 2.03. The molecule has 2 N–H and O–H groups in total. The van der Waals surface area contributed by atoms with Crippen LogP contribution in [-0.2, 0) is 11.3 Å². The van der Waals surface area contributed by atoms with Crippen molar-refractivity contribution in [1.29, 1.82) is 0 Å². The van der Waals surface area contributed by atoms with Crippen molar-refractivity contribution in [3.63, 3.8) is 0 Å². The SMILES string of the molecule is Cc1nn2c(O)c(C(=O)NC3CC3)c(=O)n(CC(C)C)c2c1C=CC(=O)N1CCC(F)CC1. The van der Waals surface area contributed by atoms with Gasteiger partial charge in [-0.05, 0) is 44.6 Å². The molecule has 1 saturated carbocycles. The summed E-state index contributed by atoms with van der Waals surface area (Å²) in [6.07, 6.45) is 4.42. The molecule has 4 rings (SSSR count). The van der Waals surface area contributed by atoms with E-state index in [0.717, 1.165) is 12.8 Å². The van der Waals surface area contributed by atoms with Gasteiger partial charge >= 0.3 is 0 Å². The highest BCUT2D eigenvalue weighted by Gasteiger charge is 2.30. The van der Waals surface area contributed by atoms with E-state index in [1.807, 2.05) is 13.8 Å². The second kappa shape index (κ2) is 8.99. The van der Waals surface area contributed by atoms with Gasteiger partial charge in [-0.15, -0.1) is 0 Å². The molecule has 2 aromatic heterocycles. The van der Waals surface area contributed by atoms with Gasteiger partial charge in [0.1, 0.15) is 11.8 Å². The number of aromatic hydroxyl groups is 1. The van der Waals surface area contributed by atoms with E-state index in [1.54, 1.807) is 17.9 Å². The van der Waals surface area contributed by atoms with Crippen LogP contribution < -0.4 is 10.9 Å². The second-order valence-electron chi connectivity index (χ2n) is 9.32. The summed E-state index contributed by atoms with van der Waals surface area (Å²) >= 11 is 0. The van der Waals surface area contributed by atoms with Gasteiger partial charge in [-0.3, -0.25) is 19.0 Å². The smallest absolute Gasteiger partial charge is 0.270 e. The largest absolute Gasteiger partial charge is 0.492 e. The highest BCUT2D eigenvalue weighted by Crippen LogP contribution is 2.25. The highest BCUT2D eigenvalue weighted by atomic mass is 19.1. The summed E-state index contributed by atoms with van der Waals surface area (Å²) in [6.45, 7) is 6.61. The molecule has 2 amide bonds. The Balaban J connectivity index is 1.77. The van der Waals surface area contributed by atoms with E-state index in [1.165, 1.54) is 15.2 Å². The van der Waals surface area contributed by atoms with E-state index in [9.17, 15) is 23.9 Å². The van der Waals surface area contributed by atoms with E-state index < -0.39 is 23.5 Å². The number of likely N-dealkylation sites (tertiary alicyclic amines) is 1. The van der Waals surface area contributed by atoms with E-state index >= 15 is 0 Å². The lowest BCUT2D eigenvalue weighted by Gasteiger charge is -2.27. The molecule has 2 fully saturated rings. The van der Waals surface area contributed by atoms with Crippen LogP contribution in [0.4, 0.5) is 4.39 Å². The Kier molecular flexibility index (Phi) is 6.27. The first-order valence-corrected chi connectivity index (χ1v) is 11.4. The number of nitrogens with zero attached hydrogens (tertiary/aromatic N) is 4. The van der Waals surface area contributed by atoms with Gasteiger partial charge in [0.05, 0.1) is 5.69 Å². The Morgan fingerprint density at radius 3 is 2.52 bits per heavy atom. The third kappa shape index (κ3) is 4.65. The number of nitrogens with one attached hydrogen (secondary N) is 1. The third-order valence-electron chi connectivity index (χ3n) is 6.04. The fraction of sp³-hybridized carbons (Fsp3) is 0.565. The van der Waals surface area contributed by atoms with Crippen LogP contribution in [0.5, 0.6) is 5.88 Å². The van der Waals surface area contributed by atoms with Crippen molar-refractivity contribution in [1.82, 2.24) is 24.4 Å². The number of rotatable bonds is 6. The van der Waals surface area contributed by atoms with Gasteiger partial charge in [0.15, 0.2) is 5.56 Å². The fourth-order valence-corrected chi connectivity index (χ4v) is 4.11. The Labute approximate surface area is 190 Å². The number of aryl methyl sites for hydroxylation is 1. The Morgan fingerprint density at radius 1 is 1.24 bits per heavy atom. The van der Waals surface area contributed by atoms with Crippen LogP contribution in [0.3, 0.4) is 0 Å². The first kappa shape index (κ1) is 23.0. The van der Waals surface area contributed by atoms with E-state index in [-0.39, 0.29) is 23.4 Å². The zero-order chi connectivity index (χ0) is 23.9. The number of halogens is 1. The van der Waals surface area contributed by atoms with E-state index in [0.29, 0.717) is 49.4 Å². The van der Waals surface area contributed by atoms with Gasteiger partial charge < -0.3 is 15.3 Å². The van der Waals surface area contributed by atoms with Gasteiger partial charge in [-0.2, -0.15) is 9.61 Å². The quantitative estimate of drug-likeness (QED) is 0.643. The molecule has 0 unspecified atom stereocenters. The summed E-state index contributed by atoms with van der Waals surface area (Å²) in [6, 6.07) is 0.0249. The molecule has 0 aromatic carbocycles. The fourth-order valence-electron chi connectivity index (χ4n) is 4.11. The van der Waals surface area contributed by atoms with Crippen molar-refractivity contribution in [3.05, 3.63) is 33.3 Å². The number of hydrogen-bond acceptors (Lipinski definition) is 5. The normalized spacial score (nSPS) is 17.4. The third-order valence-corrected chi connectivity index (χ3v) is 6.04. The molecular weight excluding hydrogens is 429 g/mol. The van der Waals surface area contributed by atoms with E-state index in [4.69, 9.17) is 0 Å². The second-order valence-corrected chi connectivity index (χ2v) is 9.32.